The summed E-state index contributed by atoms with van der Waals surface area (Å²) in [7, 11) is 3.11. The number of methoxy groups -OCH3 is 2. The van der Waals surface area contributed by atoms with Crippen LogP contribution in [0.4, 0.5) is 0 Å². The predicted molar refractivity (Wildman–Crippen MR) is 124 cm³/mol. The van der Waals surface area contributed by atoms with E-state index in [9.17, 15) is 4.79 Å². The molecule has 0 spiro atoms. The Morgan fingerprint density at radius 1 is 1.06 bits per heavy atom. The number of morpholine rings is 1. The molecule has 32 heavy (non-hydrogen) atoms. The maximum Gasteiger partial charge on any atom is 0.251 e. The number of ether oxygens (including phenoxy) is 4. The van der Waals surface area contributed by atoms with Gasteiger partial charge in [0.05, 0.1) is 27.4 Å². The van der Waals surface area contributed by atoms with Gasteiger partial charge in [-0.1, -0.05) is 44.2 Å². The van der Waals surface area contributed by atoms with Gasteiger partial charge < -0.3 is 24.3 Å². The summed E-state index contributed by atoms with van der Waals surface area (Å²) in [5, 5.41) is 3.08. The fraction of sp³-hybridized carbons (Fsp3) is 0.480. The van der Waals surface area contributed by atoms with Crippen LogP contribution in [-0.2, 0) is 11.3 Å². The Kier molecular flexibility index (Phi) is 8.76. The van der Waals surface area contributed by atoms with Crippen LogP contribution in [0.2, 0.25) is 0 Å². The average molecular weight is 443 g/mol. The summed E-state index contributed by atoms with van der Waals surface area (Å²) in [6.07, 6.45) is 0. The quantitative estimate of drug-likeness (QED) is 0.609. The predicted octanol–water partition coefficient (Wildman–Crippen LogP) is 3.37. The van der Waals surface area contributed by atoms with E-state index in [1.54, 1.807) is 26.4 Å². The van der Waals surface area contributed by atoms with Crippen molar-refractivity contribution in [3.63, 3.8) is 0 Å². The normalized spacial score (nSPS) is 15.3. The lowest BCUT2D eigenvalue weighted by Crippen LogP contribution is -2.51. The highest BCUT2D eigenvalue weighted by Crippen LogP contribution is 2.39. The smallest absolute Gasteiger partial charge is 0.251 e. The van der Waals surface area contributed by atoms with E-state index in [-0.39, 0.29) is 11.9 Å². The summed E-state index contributed by atoms with van der Waals surface area (Å²) >= 11 is 0. The minimum Gasteiger partial charge on any atom is -0.493 e. The van der Waals surface area contributed by atoms with Gasteiger partial charge in [0.15, 0.2) is 11.5 Å². The summed E-state index contributed by atoms with van der Waals surface area (Å²) in [6.45, 7) is 8.52. The van der Waals surface area contributed by atoms with Crippen LogP contribution in [0.25, 0.3) is 0 Å². The first-order chi connectivity index (χ1) is 15.5. The van der Waals surface area contributed by atoms with Gasteiger partial charge in [-0.15, -0.1) is 0 Å². The van der Waals surface area contributed by atoms with Crippen molar-refractivity contribution in [3.05, 3.63) is 53.6 Å². The molecule has 1 aliphatic heterocycles. The third-order valence-corrected chi connectivity index (χ3v) is 5.70. The van der Waals surface area contributed by atoms with Crippen molar-refractivity contribution in [1.29, 1.82) is 0 Å². The summed E-state index contributed by atoms with van der Waals surface area (Å²) in [4.78, 5) is 15.4. The van der Waals surface area contributed by atoms with Gasteiger partial charge in [-0.3, -0.25) is 9.69 Å². The fourth-order valence-electron chi connectivity index (χ4n) is 3.88. The maximum absolute atomic E-state index is 13.0. The van der Waals surface area contributed by atoms with Crippen LogP contribution >= 0.6 is 0 Å². The van der Waals surface area contributed by atoms with E-state index in [2.05, 4.69) is 24.1 Å². The van der Waals surface area contributed by atoms with Crippen LogP contribution in [0.5, 0.6) is 17.2 Å². The second-order valence-corrected chi connectivity index (χ2v) is 8.15. The van der Waals surface area contributed by atoms with Crippen LogP contribution in [-0.4, -0.2) is 63.9 Å². The molecule has 1 fully saturated rings. The summed E-state index contributed by atoms with van der Waals surface area (Å²) in [5.41, 5.74) is 1.50. The van der Waals surface area contributed by atoms with Crippen LogP contribution in [0.3, 0.4) is 0 Å². The van der Waals surface area contributed by atoms with E-state index < -0.39 is 0 Å². The van der Waals surface area contributed by atoms with E-state index in [4.69, 9.17) is 18.9 Å². The number of amides is 1. The Bertz CT molecular complexity index is 841. The molecule has 3 rings (SSSR count). The SMILES string of the molecule is COc1cc(C(=O)NCC(C(C)C)N2CCOCC2)cc(OC)c1OCc1ccccc1. The number of carbonyl (C=O) groups excluding carboxylic acids is 1. The molecule has 1 N–H and O–H groups in total. The van der Waals surface area contributed by atoms with Gasteiger partial charge in [0.2, 0.25) is 5.75 Å². The molecule has 1 heterocycles. The van der Waals surface area contributed by atoms with Crippen LogP contribution in [0, 0.1) is 5.92 Å². The Hall–Kier alpha value is -2.77. The number of hydrogen-bond acceptors (Lipinski definition) is 6. The van der Waals surface area contributed by atoms with Gasteiger partial charge in [-0.25, -0.2) is 0 Å². The average Bonchev–Trinajstić information content (AvgIpc) is 2.83. The molecule has 1 amide bonds. The van der Waals surface area contributed by atoms with Crippen molar-refractivity contribution in [1.82, 2.24) is 10.2 Å². The minimum atomic E-state index is -0.171. The number of hydrogen-bond donors (Lipinski definition) is 1. The van der Waals surface area contributed by atoms with Crippen molar-refractivity contribution in [2.75, 3.05) is 47.1 Å². The van der Waals surface area contributed by atoms with E-state index >= 15 is 0 Å². The topological polar surface area (TPSA) is 69.3 Å². The van der Waals surface area contributed by atoms with Crippen molar-refractivity contribution < 1.29 is 23.7 Å². The molecule has 174 valence electrons. The van der Waals surface area contributed by atoms with E-state index in [0.717, 1.165) is 31.9 Å². The maximum atomic E-state index is 13.0. The monoisotopic (exact) mass is 442 g/mol. The lowest BCUT2D eigenvalue weighted by Gasteiger charge is -2.36. The molecule has 0 aliphatic carbocycles. The second-order valence-electron chi connectivity index (χ2n) is 8.15. The van der Waals surface area contributed by atoms with Crippen LogP contribution < -0.4 is 19.5 Å². The molecule has 0 bridgehead atoms. The zero-order chi connectivity index (χ0) is 22.9. The number of benzene rings is 2. The number of rotatable bonds is 10. The first-order valence-corrected chi connectivity index (χ1v) is 11.1. The molecule has 7 heteroatoms. The molecule has 0 radical (unpaired) electrons. The van der Waals surface area contributed by atoms with Gasteiger partial charge in [-0.05, 0) is 23.6 Å². The number of carbonyl (C=O) groups is 1. The zero-order valence-electron chi connectivity index (χ0n) is 19.4. The summed E-state index contributed by atoms with van der Waals surface area (Å²) in [5.74, 6) is 1.63. The fourth-order valence-corrected chi connectivity index (χ4v) is 3.88. The van der Waals surface area contributed by atoms with Crippen molar-refractivity contribution >= 4 is 5.91 Å². The van der Waals surface area contributed by atoms with Gasteiger partial charge in [-0.2, -0.15) is 0 Å². The number of nitrogens with zero attached hydrogens (tertiary/aromatic N) is 1. The third-order valence-electron chi connectivity index (χ3n) is 5.70. The molecular formula is C25H34N2O5. The van der Waals surface area contributed by atoms with Crippen molar-refractivity contribution in [2.24, 2.45) is 5.92 Å². The molecule has 0 aromatic heterocycles. The highest BCUT2D eigenvalue weighted by atomic mass is 16.5. The van der Waals surface area contributed by atoms with Crippen LogP contribution in [0.1, 0.15) is 29.8 Å². The first kappa shape index (κ1) is 23.9. The Morgan fingerprint density at radius 3 is 2.25 bits per heavy atom. The molecule has 1 aliphatic rings. The third kappa shape index (κ3) is 6.14. The Balaban J connectivity index is 1.71. The minimum absolute atomic E-state index is 0.171. The lowest BCUT2D eigenvalue weighted by atomic mass is 10.0. The highest BCUT2D eigenvalue weighted by molar-refractivity contribution is 5.95. The zero-order valence-corrected chi connectivity index (χ0v) is 19.4. The first-order valence-electron chi connectivity index (χ1n) is 11.1. The van der Waals surface area contributed by atoms with Crippen molar-refractivity contribution in [3.8, 4) is 17.2 Å². The molecule has 0 saturated carbocycles. The molecule has 1 unspecified atom stereocenters. The summed E-state index contributed by atoms with van der Waals surface area (Å²) < 4.78 is 22.5. The van der Waals surface area contributed by atoms with Gasteiger partial charge in [0.25, 0.3) is 5.91 Å². The van der Waals surface area contributed by atoms with Gasteiger partial charge in [0, 0.05) is 31.2 Å². The Morgan fingerprint density at radius 2 is 1.69 bits per heavy atom. The lowest BCUT2D eigenvalue weighted by molar-refractivity contribution is 0.00672. The molecule has 7 nitrogen and oxygen atoms in total. The molecule has 2 aromatic carbocycles. The van der Waals surface area contributed by atoms with Crippen LogP contribution in [0.15, 0.2) is 42.5 Å². The van der Waals surface area contributed by atoms with E-state index in [1.807, 2.05) is 30.3 Å². The standard InChI is InChI=1S/C25H34N2O5/c1-18(2)21(27-10-12-31-13-11-27)16-26-25(28)20-14-22(29-3)24(23(15-20)30-4)32-17-19-8-6-5-7-9-19/h5-9,14-15,18,21H,10-13,16-17H2,1-4H3,(H,26,28). The van der Waals surface area contributed by atoms with E-state index in [1.165, 1.54) is 0 Å². The molecular weight excluding hydrogens is 408 g/mol. The van der Waals surface area contributed by atoms with E-state index in [0.29, 0.717) is 41.9 Å². The second kappa shape index (κ2) is 11.7. The van der Waals surface area contributed by atoms with Crippen molar-refractivity contribution in [2.45, 2.75) is 26.5 Å². The molecule has 1 atom stereocenters. The molecule has 2 aromatic rings. The van der Waals surface area contributed by atoms with Gasteiger partial charge in [0.1, 0.15) is 6.61 Å². The highest BCUT2D eigenvalue weighted by Gasteiger charge is 2.25. The summed E-state index contributed by atoms with van der Waals surface area (Å²) in [6, 6.07) is 13.5. The number of nitrogens with one attached hydrogen (secondary N) is 1. The largest absolute Gasteiger partial charge is 0.493 e. The Labute approximate surface area is 190 Å². The molecule has 1 saturated heterocycles. The van der Waals surface area contributed by atoms with Gasteiger partial charge >= 0.3 is 0 Å².